The second-order valence-electron chi connectivity index (χ2n) is 4.51. The van der Waals surface area contributed by atoms with Crippen LogP contribution in [0.3, 0.4) is 0 Å². The van der Waals surface area contributed by atoms with Crippen LogP contribution in [0.25, 0.3) is 0 Å². The molecule has 1 aromatic carbocycles. The van der Waals surface area contributed by atoms with E-state index in [0.717, 1.165) is 17.7 Å². The van der Waals surface area contributed by atoms with Gasteiger partial charge in [-0.2, -0.15) is 0 Å². The Balaban J connectivity index is 2.15. The van der Waals surface area contributed by atoms with Crippen LogP contribution in [0.2, 0.25) is 0 Å². The highest BCUT2D eigenvalue weighted by molar-refractivity contribution is 7.89. The van der Waals surface area contributed by atoms with Gasteiger partial charge in [-0.3, -0.25) is 0 Å². The van der Waals surface area contributed by atoms with Gasteiger partial charge in [0.2, 0.25) is 10.0 Å². The molecule has 1 unspecified atom stereocenters. The summed E-state index contributed by atoms with van der Waals surface area (Å²) in [4.78, 5) is 0.247. The highest BCUT2D eigenvalue weighted by Crippen LogP contribution is 2.27. The average Bonchev–Trinajstić information content (AvgIpc) is 2.83. The first-order valence-electron chi connectivity index (χ1n) is 5.89. The maximum Gasteiger partial charge on any atom is 0.240 e. The van der Waals surface area contributed by atoms with Gasteiger partial charge in [0.1, 0.15) is 5.75 Å². The summed E-state index contributed by atoms with van der Waals surface area (Å²) in [5.74, 6) is 0.662. The molecule has 0 fully saturated rings. The predicted octanol–water partition coefficient (Wildman–Crippen LogP) is 0.528. The predicted molar refractivity (Wildman–Crippen MR) is 67.1 cm³/mol. The molecule has 2 N–H and O–H groups in total. The van der Waals surface area contributed by atoms with Gasteiger partial charge in [-0.15, -0.1) is 0 Å². The molecule has 1 aliphatic rings. The minimum Gasteiger partial charge on any atom is -0.493 e. The normalized spacial score (nSPS) is 16.1. The first-order chi connectivity index (χ1) is 8.53. The van der Waals surface area contributed by atoms with Gasteiger partial charge in [-0.05, 0) is 29.7 Å². The van der Waals surface area contributed by atoms with Crippen LogP contribution < -0.4 is 9.46 Å². The van der Waals surface area contributed by atoms with Crippen molar-refractivity contribution in [2.45, 2.75) is 18.2 Å². The van der Waals surface area contributed by atoms with E-state index >= 15 is 0 Å². The topological polar surface area (TPSA) is 75.6 Å². The van der Waals surface area contributed by atoms with Crippen molar-refractivity contribution in [3.05, 3.63) is 23.8 Å². The smallest absolute Gasteiger partial charge is 0.240 e. The molecule has 5 nitrogen and oxygen atoms in total. The van der Waals surface area contributed by atoms with Gasteiger partial charge in [0, 0.05) is 19.6 Å². The molecule has 0 aromatic heterocycles. The van der Waals surface area contributed by atoms with E-state index in [9.17, 15) is 8.42 Å². The lowest BCUT2D eigenvalue weighted by molar-refractivity contribution is 0.238. The maximum atomic E-state index is 12.0. The van der Waals surface area contributed by atoms with E-state index < -0.39 is 10.0 Å². The third kappa shape index (κ3) is 2.82. The number of hydrogen-bond acceptors (Lipinski definition) is 4. The summed E-state index contributed by atoms with van der Waals surface area (Å²) >= 11 is 0. The number of hydrogen-bond donors (Lipinski definition) is 2. The second-order valence-corrected chi connectivity index (χ2v) is 6.27. The molecule has 0 saturated heterocycles. The number of sulfonamides is 1. The van der Waals surface area contributed by atoms with E-state index in [1.165, 1.54) is 6.07 Å². The highest BCUT2D eigenvalue weighted by Gasteiger charge is 2.19. The number of benzene rings is 1. The number of aliphatic hydroxyl groups is 1. The zero-order chi connectivity index (χ0) is 13.2. The Hall–Kier alpha value is -1.11. The molecule has 0 bridgehead atoms. The molecule has 1 aliphatic heterocycles. The zero-order valence-corrected chi connectivity index (χ0v) is 11.0. The molecule has 0 aliphatic carbocycles. The number of aliphatic hydroxyl groups excluding tert-OH is 1. The summed E-state index contributed by atoms with van der Waals surface area (Å²) < 4.78 is 31.9. The van der Waals surface area contributed by atoms with Crippen LogP contribution in [-0.4, -0.2) is 33.3 Å². The summed E-state index contributed by atoms with van der Waals surface area (Å²) in [7, 11) is -3.50. The summed E-state index contributed by atoms with van der Waals surface area (Å²) in [5.41, 5.74) is 0.924. The van der Waals surface area contributed by atoms with Crippen molar-refractivity contribution in [1.29, 1.82) is 0 Å². The van der Waals surface area contributed by atoms with Crippen molar-refractivity contribution < 1.29 is 18.3 Å². The van der Waals surface area contributed by atoms with Crippen LogP contribution >= 0.6 is 0 Å². The second kappa shape index (κ2) is 5.26. The molecule has 1 aromatic rings. The Bertz CT molecular complexity index is 527. The van der Waals surface area contributed by atoms with Gasteiger partial charge in [-0.25, -0.2) is 13.1 Å². The fraction of sp³-hybridized carbons (Fsp3) is 0.500. The van der Waals surface area contributed by atoms with Crippen molar-refractivity contribution in [2.24, 2.45) is 5.92 Å². The zero-order valence-electron chi connectivity index (χ0n) is 10.2. The van der Waals surface area contributed by atoms with Gasteiger partial charge in [0.25, 0.3) is 0 Å². The van der Waals surface area contributed by atoms with Crippen LogP contribution in [0.4, 0.5) is 0 Å². The molecule has 18 heavy (non-hydrogen) atoms. The van der Waals surface area contributed by atoms with Gasteiger partial charge >= 0.3 is 0 Å². The molecule has 0 saturated carbocycles. The van der Waals surface area contributed by atoms with Gasteiger partial charge in [0.05, 0.1) is 11.5 Å². The van der Waals surface area contributed by atoms with Crippen LogP contribution in [0.15, 0.2) is 23.1 Å². The van der Waals surface area contributed by atoms with E-state index in [2.05, 4.69) is 4.72 Å². The standard InChI is InChI=1S/C12H17NO4S/c1-9(8-14)7-13-18(15,16)11-2-3-12-10(6-11)4-5-17-12/h2-3,6,9,13-14H,4-5,7-8H2,1H3. The molecule has 0 spiro atoms. The SMILES string of the molecule is CC(CO)CNS(=O)(=O)c1ccc2c(c1)CCO2. The van der Waals surface area contributed by atoms with E-state index in [0.29, 0.717) is 6.61 Å². The first-order valence-corrected chi connectivity index (χ1v) is 7.37. The molecule has 2 rings (SSSR count). The monoisotopic (exact) mass is 271 g/mol. The first kappa shape index (κ1) is 13.3. The Morgan fingerprint density at radius 3 is 3.00 bits per heavy atom. The summed E-state index contributed by atoms with van der Waals surface area (Å²) in [6.45, 7) is 2.57. The fourth-order valence-electron chi connectivity index (χ4n) is 1.73. The number of ether oxygens (including phenoxy) is 1. The largest absolute Gasteiger partial charge is 0.493 e. The minimum absolute atomic E-state index is 0.0411. The third-order valence-corrected chi connectivity index (χ3v) is 4.33. The lowest BCUT2D eigenvalue weighted by Crippen LogP contribution is -2.29. The molecule has 6 heteroatoms. The lowest BCUT2D eigenvalue weighted by atomic mass is 10.2. The molecular weight excluding hydrogens is 254 g/mol. The van der Waals surface area contributed by atoms with Crippen LogP contribution in [0.5, 0.6) is 5.75 Å². The number of nitrogens with one attached hydrogen (secondary N) is 1. The summed E-state index contributed by atoms with van der Waals surface area (Å²) in [6, 6.07) is 4.87. The third-order valence-electron chi connectivity index (χ3n) is 2.90. The van der Waals surface area contributed by atoms with Crippen LogP contribution in [-0.2, 0) is 16.4 Å². The van der Waals surface area contributed by atoms with Gasteiger partial charge < -0.3 is 9.84 Å². The summed E-state index contributed by atoms with van der Waals surface area (Å²) in [6.07, 6.45) is 0.742. The molecule has 100 valence electrons. The van der Waals surface area contributed by atoms with Gasteiger partial charge in [-0.1, -0.05) is 6.92 Å². The number of fused-ring (bicyclic) bond motifs is 1. The van der Waals surface area contributed by atoms with E-state index in [4.69, 9.17) is 9.84 Å². The molecule has 1 atom stereocenters. The Labute approximate surface area is 107 Å². The molecule has 1 heterocycles. The van der Waals surface area contributed by atoms with Crippen molar-refractivity contribution in [1.82, 2.24) is 4.72 Å². The quantitative estimate of drug-likeness (QED) is 0.819. The van der Waals surface area contributed by atoms with Crippen molar-refractivity contribution >= 4 is 10.0 Å². The highest BCUT2D eigenvalue weighted by atomic mass is 32.2. The van der Waals surface area contributed by atoms with Crippen LogP contribution in [0.1, 0.15) is 12.5 Å². The Morgan fingerprint density at radius 1 is 1.50 bits per heavy atom. The average molecular weight is 271 g/mol. The molecule has 0 amide bonds. The maximum absolute atomic E-state index is 12.0. The number of rotatable bonds is 5. The Morgan fingerprint density at radius 2 is 2.28 bits per heavy atom. The van der Waals surface area contributed by atoms with Crippen molar-refractivity contribution in [3.8, 4) is 5.75 Å². The van der Waals surface area contributed by atoms with Gasteiger partial charge in [0.15, 0.2) is 0 Å². The Kier molecular flexibility index (Phi) is 3.89. The molecule has 0 radical (unpaired) electrons. The van der Waals surface area contributed by atoms with E-state index in [1.54, 1.807) is 19.1 Å². The minimum atomic E-state index is -3.50. The van der Waals surface area contributed by atoms with Crippen molar-refractivity contribution in [3.63, 3.8) is 0 Å². The molecular formula is C12H17NO4S. The van der Waals surface area contributed by atoms with E-state index in [1.807, 2.05) is 0 Å². The van der Waals surface area contributed by atoms with Crippen molar-refractivity contribution in [2.75, 3.05) is 19.8 Å². The van der Waals surface area contributed by atoms with Crippen LogP contribution in [0, 0.1) is 5.92 Å². The lowest BCUT2D eigenvalue weighted by Gasteiger charge is -2.11. The fourth-order valence-corrected chi connectivity index (χ4v) is 2.95. The summed E-state index contributed by atoms with van der Waals surface area (Å²) in [5, 5.41) is 8.88. The van der Waals surface area contributed by atoms with E-state index in [-0.39, 0.29) is 24.0 Å².